The first-order valence-electron chi connectivity index (χ1n) is 10.3. The number of carbonyl (C=O) groups is 1. The van der Waals surface area contributed by atoms with Crippen molar-refractivity contribution < 1.29 is 9.18 Å². The second kappa shape index (κ2) is 8.99. The fourth-order valence-corrected chi connectivity index (χ4v) is 3.42. The lowest BCUT2D eigenvalue weighted by Gasteiger charge is -2.17. The summed E-state index contributed by atoms with van der Waals surface area (Å²) in [5.41, 5.74) is 3.29. The molecule has 2 aromatic carbocycles. The summed E-state index contributed by atoms with van der Waals surface area (Å²) in [5, 5.41) is 8.66. The number of nitrogens with zero attached hydrogens (tertiary/aromatic N) is 3. The molecule has 0 atom stereocenters. The first kappa shape index (κ1) is 20.6. The lowest BCUT2D eigenvalue weighted by molar-refractivity contribution is 0.262. The summed E-state index contributed by atoms with van der Waals surface area (Å²) < 4.78 is 13.6. The van der Waals surface area contributed by atoms with Gasteiger partial charge < -0.3 is 20.9 Å². The van der Waals surface area contributed by atoms with Crippen molar-refractivity contribution in [3.05, 3.63) is 65.6 Å². The number of nitrogens with one attached hydrogen (secondary N) is 3. The van der Waals surface area contributed by atoms with E-state index in [9.17, 15) is 9.18 Å². The topological polar surface area (TPSA) is 82.2 Å². The number of hydrogen-bond donors (Lipinski definition) is 3. The zero-order valence-electron chi connectivity index (χ0n) is 17.6. The van der Waals surface area contributed by atoms with E-state index in [1.807, 2.05) is 25.1 Å². The van der Waals surface area contributed by atoms with Crippen molar-refractivity contribution in [2.24, 2.45) is 0 Å². The number of rotatable bonds is 5. The van der Waals surface area contributed by atoms with E-state index >= 15 is 0 Å². The molecule has 2 heterocycles. The van der Waals surface area contributed by atoms with Crippen molar-refractivity contribution in [2.75, 3.05) is 33.9 Å². The van der Waals surface area contributed by atoms with Crippen LogP contribution in [-0.4, -0.2) is 29.1 Å². The van der Waals surface area contributed by atoms with E-state index < -0.39 is 6.03 Å². The highest BCUT2D eigenvalue weighted by atomic mass is 19.1. The monoisotopic (exact) mass is 420 g/mol. The van der Waals surface area contributed by atoms with Crippen molar-refractivity contribution in [1.82, 2.24) is 9.97 Å². The molecule has 0 saturated carbocycles. The summed E-state index contributed by atoms with van der Waals surface area (Å²) in [4.78, 5) is 23.6. The third kappa shape index (κ3) is 5.28. The number of carbonyl (C=O) groups excluding carboxylic acids is 1. The van der Waals surface area contributed by atoms with Gasteiger partial charge in [0.05, 0.1) is 0 Å². The molecular weight excluding hydrogens is 395 g/mol. The number of halogens is 1. The zero-order chi connectivity index (χ0) is 21.8. The number of amides is 2. The Morgan fingerprint density at radius 3 is 2.26 bits per heavy atom. The van der Waals surface area contributed by atoms with Gasteiger partial charge in [0.2, 0.25) is 5.95 Å². The SMILES string of the molecule is Cc1cc(Nc2ccc(NC(=O)Nc3ccc(C)c(F)c3)cc2)nc(N2CCCC2)n1. The van der Waals surface area contributed by atoms with Crippen LogP contribution in [0.5, 0.6) is 0 Å². The summed E-state index contributed by atoms with van der Waals surface area (Å²) in [6, 6.07) is 13.3. The van der Waals surface area contributed by atoms with E-state index in [1.54, 1.807) is 31.2 Å². The van der Waals surface area contributed by atoms with Gasteiger partial charge in [-0.2, -0.15) is 4.98 Å². The molecular formula is C23H25FN6O. The first-order chi connectivity index (χ1) is 15.0. The Hall–Kier alpha value is -3.68. The van der Waals surface area contributed by atoms with E-state index in [-0.39, 0.29) is 5.82 Å². The number of hydrogen-bond acceptors (Lipinski definition) is 5. The van der Waals surface area contributed by atoms with Gasteiger partial charge in [-0.25, -0.2) is 14.2 Å². The van der Waals surface area contributed by atoms with E-state index in [2.05, 4.69) is 30.8 Å². The molecule has 3 N–H and O–H groups in total. The third-order valence-corrected chi connectivity index (χ3v) is 5.08. The maximum absolute atomic E-state index is 13.6. The van der Waals surface area contributed by atoms with E-state index in [4.69, 9.17) is 0 Å². The number of aryl methyl sites for hydroxylation is 2. The number of urea groups is 1. The van der Waals surface area contributed by atoms with Gasteiger partial charge in [0, 0.05) is 41.9 Å². The second-order valence-electron chi connectivity index (χ2n) is 7.63. The van der Waals surface area contributed by atoms with E-state index in [0.29, 0.717) is 16.9 Å². The predicted octanol–water partition coefficient (Wildman–Crippen LogP) is 5.22. The minimum absolute atomic E-state index is 0.360. The van der Waals surface area contributed by atoms with Crippen molar-refractivity contribution in [3.63, 3.8) is 0 Å². The van der Waals surface area contributed by atoms with Gasteiger partial charge in [-0.15, -0.1) is 0 Å². The Bertz CT molecular complexity index is 1080. The maximum atomic E-state index is 13.6. The highest BCUT2D eigenvalue weighted by molar-refractivity contribution is 5.99. The Balaban J connectivity index is 1.38. The smallest absolute Gasteiger partial charge is 0.323 e. The third-order valence-electron chi connectivity index (χ3n) is 5.08. The van der Waals surface area contributed by atoms with Gasteiger partial charge in [0.15, 0.2) is 0 Å². The van der Waals surface area contributed by atoms with E-state index in [0.717, 1.165) is 36.2 Å². The van der Waals surface area contributed by atoms with Gasteiger partial charge in [0.25, 0.3) is 0 Å². The van der Waals surface area contributed by atoms with Crippen LogP contribution in [-0.2, 0) is 0 Å². The summed E-state index contributed by atoms with van der Waals surface area (Å²) in [6.45, 7) is 5.60. The first-order valence-corrected chi connectivity index (χ1v) is 10.3. The summed E-state index contributed by atoms with van der Waals surface area (Å²) in [6.07, 6.45) is 2.34. The molecule has 0 radical (unpaired) electrons. The molecule has 160 valence electrons. The average Bonchev–Trinajstić information content (AvgIpc) is 3.27. The molecule has 1 aromatic heterocycles. The van der Waals surface area contributed by atoms with Crippen molar-refractivity contribution in [3.8, 4) is 0 Å². The molecule has 4 rings (SSSR count). The van der Waals surface area contributed by atoms with Gasteiger partial charge in [-0.05, 0) is 68.7 Å². The summed E-state index contributed by atoms with van der Waals surface area (Å²) in [5.74, 6) is 1.12. The predicted molar refractivity (Wildman–Crippen MR) is 122 cm³/mol. The molecule has 0 unspecified atom stereocenters. The van der Waals surface area contributed by atoms with Crippen LogP contribution in [0.4, 0.5) is 38.0 Å². The fraction of sp³-hybridized carbons (Fsp3) is 0.261. The quantitative estimate of drug-likeness (QED) is 0.527. The second-order valence-corrected chi connectivity index (χ2v) is 7.63. The Kier molecular flexibility index (Phi) is 5.97. The Morgan fingerprint density at radius 2 is 1.55 bits per heavy atom. The average molecular weight is 420 g/mol. The molecule has 0 aliphatic carbocycles. The van der Waals surface area contributed by atoms with Crippen molar-refractivity contribution >= 4 is 34.9 Å². The van der Waals surface area contributed by atoms with E-state index in [1.165, 1.54) is 18.9 Å². The van der Waals surface area contributed by atoms with Gasteiger partial charge in [-0.1, -0.05) is 6.07 Å². The molecule has 8 heteroatoms. The molecule has 1 aliphatic heterocycles. The highest BCUT2D eigenvalue weighted by Crippen LogP contribution is 2.22. The van der Waals surface area contributed by atoms with Crippen LogP contribution in [0.25, 0.3) is 0 Å². The van der Waals surface area contributed by atoms with Crippen LogP contribution in [0.2, 0.25) is 0 Å². The van der Waals surface area contributed by atoms with Crippen molar-refractivity contribution in [1.29, 1.82) is 0 Å². The minimum Gasteiger partial charge on any atom is -0.341 e. The van der Waals surface area contributed by atoms with Crippen LogP contribution in [0.15, 0.2) is 48.5 Å². The standard InChI is InChI=1S/C23H25FN6O/c1-15-5-6-19(14-20(15)24)28-23(31)27-18-9-7-17(8-10-18)26-21-13-16(2)25-22(29-21)30-11-3-4-12-30/h5-10,13-14H,3-4,11-12H2,1-2H3,(H,25,26,29)(H2,27,28,31). The van der Waals surface area contributed by atoms with Crippen LogP contribution in [0.3, 0.4) is 0 Å². The minimum atomic E-state index is -0.439. The normalized spacial score (nSPS) is 13.2. The maximum Gasteiger partial charge on any atom is 0.323 e. The number of anilines is 5. The molecule has 1 saturated heterocycles. The molecule has 0 bridgehead atoms. The van der Waals surface area contributed by atoms with Crippen molar-refractivity contribution in [2.45, 2.75) is 26.7 Å². The Morgan fingerprint density at radius 1 is 0.903 bits per heavy atom. The van der Waals surface area contributed by atoms with Crippen LogP contribution < -0.4 is 20.9 Å². The van der Waals surface area contributed by atoms with Gasteiger partial charge in [0.1, 0.15) is 11.6 Å². The molecule has 31 heavy (non-hydrogen) atoms. The lowest BCUT2D eigenvalue weighted by Crippen LogP contribution is -2.21. The molecule has 1 fully saturated rings. The number of aromatic nitrogens is 2. The fourth-order valence-electron chi connectivity index (χ4n) is 3.42. The molecule has 1 aliphatic rings. The molecule has 2 amide bonds. The van der Waals surface area contributed by atoms with Gasteiger partial charge in [-0.3, -0.25) is 0 Å². The lowest BCUT2D eigenvalue weighted by atomic mass is 10.2. The van der Waals surface area contributed by atoms with Gasteiger partial charge >= 0.3 is 6.03 Å². The molecule has 3 aromatic rings. The molecule has 0 spiro atoms. The van der Waals surface area contributed by atoms with Crippen LogP contribution in [0.1, 0.15) is 24.1 Å². The highest BCUT2D eigenvalue weighted by Gasteiger charge is 2.16. The summed E-state index contributed by atoms with van der Waals surface area (Å²) in [7, 11) is 0. The zero-order valence-corrected chi connectivity index (χ0v) is 17.6. The Labute approximate surface area is 180 Å². The molecule has 7 nitrogen and oxygen atoms in total. The van der Waals surface area contributed by atoms with Crippen LogP contribution >= 0.6 is 0 Å². The largest absolute Gasteiger partial charge is 0.341 e. The number of benzene rings is 2. The summed E-state index contributed by atoms with van der Waals surface area (Å²) >= 11 is 0. The van der Waals surface area contributed by atoms with Crippen LogP contribution in [0, 0.1) is 19.7 Å².